The molecule has 25 heavy (non-hydrogen) atoms. The first-order valence-corrected chi connectivity index (χ1v) is 7.85. The summed E-state index contributed by atoms with van der Waals surface area (Å²) < 4.78 is 9.93. The van der Waals surface area contributed by atoms with Gasteiger partial charge in [0.2, 0.25) is 17.7 Å². The van der Waals surface area contributed by atoms with Crippen LogP contribution in [-0.2, 0) is 30.4 Å². The highest BCUT2D eigenvalue weighted by Crippen LogP contribution is 1.98. The van der Waals surface area contributed by atoms with Gasteiger partial charge in [0.15, 0.2) is 0 Å². The predicted molar refractivity (Wildman–Crippen MR) is 91.6 cm³/mol. The molecule has 0 spiro atoms. The summed E-state index contributed by atoms with van der Waals surface area (Å²) in [4.78, 5) is 35.8. The quantitative estimate of drug-likeness (QED) is 0.531. The first-order chi connectivity index (χ1) is 12.0. The maximum absolute atomic E-state index is 12.3. The Morgan fingerprint density at radius 1 is 0.920 bits per heavy atom. The largest absolute Gasteiger partial charge is 0.382 e. The highest BCUT2D eigenvalue weighted by Gasteiger charge is 2.26. The van der Waals surface area contributed by atoms with Crippen LogP contribution < -0.4 is 16.0 Å². The normalized spacial score (nSPS) is 12.8. The molecule has 1 rings (SSSR count). The number of methoxy groups -OCH3 is 2. The number of hydrogen-bond donors (Lipinski definition) is 3. The number of benzene rings is 1. The summed E-state index contributed by atoms with van der Waals surface area (Å²) in [5.41, 5.74) is 0.939. The molecule has 0 saturated carbocycles. The fourth-order valence-electron chi connectivity index (χ4n) is 2.13. The van der Waals surface area contributed by atoms with Crippen molar-refractivity contribution in [2.45, 2.75) is 25.6 Å². The van der Waals surface area contributed by atoms with Crippen molar-refractivity contribution in [3.05, 3.63) is 35.9 Å². The van der Waals surface area contributed by atoms with Crippen molar-refractivity contribution in [3.63, 3.8) is 0 Å². The molecule has 0 saturated heterocycles. The molecule has 1 aromatic carbocycles. The van der Waals surface area contributed by atoms with Crippen LogP contribution in [-0.4, -0.2) is 57.2 Å². The topological polar surface area (TPSA) is 106 Å². The Balaban J connectivity index is 2.65. The summed E-state index contributed by atoms with van der Waals surface area (Å²) in [5, 5.41) is 7.80. The Morgan fingerprint density at radius 2 is 1.48 bits per heavy atom. The number of nitrogens with one attached hydrogen (secondary N) is 3. The predicted octanol–water partition coefficient (Wildman–Crippen LogP) is -0.415. The van der Waals surface area contributed by atoms with Gasteiger partial charge in [-0.2, -0.15) is 0 Å². The van der Waals surface area contributed by atoms with Crippen LogP contribution >= 0.6 is 0 Å². The van der Waals surface area contributed by atoms with Gasteiger partial charge in [0.05, 0.1) is 13.2 Å². The standard InChI is InChI=1S/C17H25N3O5/c1-12(21)19-15(11-25-3)17(23)20-14(10-24-2)16(22)18-9-13-7-5-4-6-8-13/h4-8,14-15H,9-11H2,1-3H3,(H,18,22)(H,19,21)(H,20,23)/t14-,15?/m1/s1. The smallest absolute Gasteiger partial charge is 0.245 e. The molecule has 0 aliphatic rings. The lowest BCUT2D eigenvalue weighted by atomic mass is 10.2. The van der Waals surface area contributed by atoms with Crippen molar-refractivity contribution in [2.24, 2.45) is 0 Å². The van der Waals surface area contributed by atoms with Gasteiger partial charge in [0, 0.05) is 27.7 Å². The van der Waals surface area contributed by atoms with E-state index in [9.17, 15) is 14.4 Å². The second-order valence-electron chi connectivity index (χ2n) is 5.43. The lowest BCUT2D eigenvalue weighted by molar-refractivity contribution is -0.133. The second kappa shape index (κ2) is 11.2. The molecule has 2 atom stereocenters. The van der Waals surface area contributed by atoms with Crippen molar-refractivity contribution in [3.8, 4) is 0 Å². The van der Waals surface area contributed by atoms with Crippen molar-refractivity contribution < 1.29 is 23.9 Å². The van der Waals surface area contributed by atoms with Gasteiger partial charge >= 0.3 is 0 Å². The van der Waals surface area contributed by atoms with Gasteiger partial charge in [-0.05, 0) is 5.56 Å². The van der Waals surface area contributed by atoms with E-state index in [0.29, 0.717) is 6.54 Å². The Hall–Kier alpha value is -2.45. The summed E-state index contributed by atoms with van der Waals surface area (Å²) in [7, 11) is 2.85. The van der Waals surface area contributed by atoms with E-state index in [1.807, 2.05) is 30.3 Å². The summed E-state index contributed by atoms with van der Waals surface area (Å²) in [6.45, 7) is 1.64. The van der Waals surface area contributed by atoms with Crippen LogP contribution in [0.3, 0.4) is 0 Å². The van der Waals surface area contributed by atoms with Crippen molar-refractivity contribution in [2.75, 3.05) is 27.4 Å². The van der Waals surface area contributed by atoms with Gasteiger partial charge in [0.25, 0.3) is 0 Å². The van der Waals surface area contributed by atoms with Crippen LogP contribution in [0.25, 0.3) is 0 Å². The minimum absolute atomic E-state index is 0.00322. The summed E-state index contributed by atoms with van der Waals surface area (Å²) >= 11 is 0. The second-order valence-corrected chi connectivity index (χ2v) is 5.43. The average Bonchev–Trinajstić information content (AvgIpc) is 2.59. The third kappa shape index (κ3) is 7.77. The minimum Gasteiger partial charge on any atom is -0.382 e. The van der Waals surface area contributed by atoms with E-state index in [0.717, 1.165) is 5.56 Å². The number of amides is 3. The molecule has 0 aromatic heterocycles. The monoisotopic (exact) mass is 351 g/mol. The summed E-state index contributed by atoms with van der Waals surface area (Å²) in [5.74, 6) is -1.26. The van der Waals surface area contributed by atoms with E-state index >= 15 is 0 Å². The maximum atomic E-state index is 12.3. The molecule has 0 bridgehead atoms. The highest BCUT2D eigenvalue weighted by molar-refractivity contribution is 5.91. The van der Waals surface area contributed by atoms with E-state index in [4.69, 9.17) is 9.47 Å². The lowest BCUT2D eigenvalue weighted by Gasteiger charge is -2.22. The van der Waals surface area contributed by atoms with Gasteiger partial charge in [-0.1, -0.05) is 30.3 Å². The molecule has 0 fully saturated rings. The van der Waals surface area contributed by atoms with Crippen LogP contribution in [0.5, 0.6) is 0 Å². The number of carbonyl (C=O) groups excluding carboxylic acids is 3. The SMILES string of the molecule is COCC(NC(C)=O)C(=O)N[C@H](COC)C(=O)NCc1ccccc1. The molecule has 8 nitrogen and oxygen atoms in total. The van der Waals surface area contributed by atoms with E-state index in [-0.39, 0.29) is 25.0 Å². The zero-order chi connectivity index (χ0) is 18.7. The Kier molecular flexibility index (Phi) is 9.20. The molecule has 0 radical (unpaired) electrons. The number of hydrogen-bond acceptors (Lipinski definition) is 5. The van der Waals surface area contributed by atoms with E-state index in [2.05, 4.69) is 16.0 Å². The maximum Gasteiger partial charge on any atom is 0.245 e. The molecule has 0 aliphatic heterocycles. The summed E-state index contributed by atoms with van der Waals surface area (Å²) in [6, 6.07) is 7.64. The van der Waals surface area contributed by atoms with Gasteiger partial charge in [-0.25, -0.2) is 0 Å². The van der Waals surface area contributed by atoms with Gasteiger partial charge in [-0.15, -0.1) is 0 Å². The molecule has 1 unspecified atom stereocenters. The van der Waals surface area contributed by atoms with E-state index < -0.39 is 18.0 Å². The molecule has 0 aliphatic carbocycles. The van der Waals surface area contributed by atoms with E-state index in [1.165, 1.54) is 21.1 Å². The van der Waals surface area contributed by atoms with Crippen LogP contribution in [0.15, 0.2) is 30.3 Å². The van der Waals surface area contributed by atoms with Crippen LogP contribution in [0.2, 0.25) is 0 Å². The molecular formula is C17H25N3O5. The van der Waals surface area contributed by atoms with Crippen molar-refractivity contribution >= 4 is 17.7 Å². The fraction of sp³-hybridized carbons (Fsp3) is 0.471. The molecule has 138 valence electrons. The number of ether oxygens (including phenoxy) is 2. The zero-order valence-corrected chi connectivity index (χ0v) is 14.7. The molecule has 1 aromatic rings. The summed E-state index contributed by atoms with van der Waals surface area (Å²) in [6.07, 6.45) is 0. The first-order valence-electron chi connectivity index (χ1n) is 7.85. The molecule has 0 heterocycles. The number of carbonyl (C=O) groups is 3. The third-order valence-corrected chi connectivity index (χ3v) is 3.30. The molecule has 8 heteroatoms. The van der Waals surface area contributed by atoms with Crippen molar-refractivity contribution in [1.29, 1.82) is 0 Å². The number of rotatable bonds is 10. The third-order valence-electron chi connectivity index (χ3n) is 3.30. The zero-order valence-electron chi connectivity index (χ0n) is 14.7. The first kappa shape index (κ1) is 20.6. The molecule has 3 amide bonds. The lowest BCUT2D eigenvalue weighted by Crippen LogP contribution is -2.56. The average molecular weight is 351 g/mol. The molecule has 3 N–H and O–H groups in total. The highest BCUT2D eigenvalue weighted by atomic mass is 16.5. The van der Waals surface area contributed by atoms with Crippen molar-refractivity contribution in [1.82, 2.24) is 16.0 Å². The van der Waals surface area contributed by atoms with E-state index in [1.54, 1.807) is 0 Å². The van der Waals surface area contributed by atoms with Crippen LogP contribution in [0.4, 0.5) is 0 Å². The van der Waals surface area contributed by atoms with Gasteiger partial charge < -0.3 is 25.4 Å². The minimum atomic E-state index is -0.885. The Bertz CT molecular complexity index is 565. The van der Waals surface area contributed by atoms with Crippen LogP contribution in [0.1, 0.15) is 12.5 Å². The van der Waals surface area contributed by atoms with Crippen LogP contribution in [0, 0.1) is 0 Å². The van der Waals surface area contributed by atoms with Gasteiger partial charge in [-0.3, -0.25) is 14.4 Å². The van der Waals surface area contributed by atoms with Gasteiger partial charge in [0.1, 0.15) is 12.1 Å². The fourth-order valence-corrected chi connectivity index (χ4v) is 2.13. The Morgan fingerprint density at radius 3 is 2.00 bits per heavy atom. The Labute approximate surface area is 147 Å². The molecular weight excluding hydrogens is 326 g/mol.